The van der Waals surface area contributed by atoms with E-state index >= 15 is 0 Å². The molecule has 0 amide bonds. The second kappa shape index (κ2) is 3.49. The maximum Gasteiger partial charge on any atom is 0.284 e. The van der Waals surface area contributed by atoms with E-state index in [0.717, 1.165) is 4.88 Å². The summed E-state index contributed by atoms with van der Waals surface area (Å²) < 4.78 is 29.6. The van der Waals surface area contributed by atoms with Crippen molar-refractivity contribution >= 4 is 11.3 Å². The van der Waals surface area contributed by atoms with Gasteiger partial charge in [-0.05, 0) is 18.4 Å². The van der Waals surface area contributed by atoms with Gasteiger partial charge in [0.15, 0.2) is 11.5 Å². The topological polar surface area (TPSA) is 26.0 Å². The van der Waals surface area contributed by atoms with E-state index in [0.29, 0.717) is 11.3 Å². The van der Waals surface area contributed by atoms with Gasteiger partial charge in [-0.3, -0.25) is 0 Å². The zero-order valence-corrected chi connectivity index (χ0v) is 8.15. The van der Waals surface area contributed by atoms with Gasteiger partial charge in [0.1, 0.15) is 0 Å². The average Bonchev–Trinajstić information content (AvgIpc) is 2.71. The van der Waals surface area contributed by atoms with E-state index in [9.17, 15) is 8.78 Å². The van der Waals surface area contributed by atoms with Crippen LogP contribution in [0.5, 0.6) is 0 Å². The molecule has 2 aromatic rings. The van der Waals surface area contributed by atoms with Crippen molar-refractivity contribution in [2.75, 3.05) is 0 Å². The van der Waals surface area contributed by atoms with Gasteiger partial charge >= 0.3 is 0 Å². The molecule has 0 unspecified atom stereocenters. The first-order valence-corrected chi connectivity index (χ1v) is 4.86. The summed E-state index contributed by atoms with van der Waals surface area (Å²) in [5.74, 6) is 0.440. The molecule has 0 aliphatic carbocycles. The molecule has 0 aromatic carbocycles. The lowest BCUT2D eigenvalue weighted by atomic mass is 10.2. The van der Waals surface area contributed by atoms with Crippen LogP contribution in [0.1, 0.15) is 17.7 Å². The van der Waals surface area contributed by atoms with Crippen LogP contribution in [0.2, 0.25) is 0 Å². The van der Waals surface area contributed by atoms with E-state index in [1.165, 1.54) is 11.3 Å². The summed E-state index contributed by atoms with van der Waals surface area (Å²) in [7, 11) is 0. The van der Waals surface area contributed by atoms with Crippen molar-refractivity contribution in [1.29, 1.82) is 0 Å². The number of thiophene rings is 1. The maximum atomic E-state index is 12.4. The maximum absolute atomic E-state index is 12.4. The Morgan fingerprint density at radius 2 is 2.29 bits per heavy atom. The molecule has 2 nitrogen and oxygen atoms in total. The van der Waals surface area contributed by atoms with E-state index in [1.54, 1.807) is 6.92 Å². The van der Waals surface area contributed by atoms with Gasteiger partial charge in [-0.15, -0.1) is 11.3 Å². The minimum atomic E-state index is -2.58. The average molecular weight is 215 g/mol. The van der Waals surface area contributed by atoms with Crippen molar-refractivity contribution in [3.05, 3.63) is 28.8 Å². The molecular weight excluding hydrogens is 208 g/mol. The predicted molar refractivity (Wildman–Crippen MR) is 49.5 cm³/mol. The zero-order chi connectivity index (χ0) is 10.1. The van der Waals surface area contributed by atoms with Crippen molar-refractivity contribution < 1.29 is 13.3 Å². The molecule has 0 radical (unpaired) electrons. The Balaban J connectivity index is 2.47. The van der Waals surface area contributed by atoms with Crippen LogP contribution in [0, 0.1) is 6.92 Å². The van der Waals surface area contributed by atoms with Crippen molar-refractivity contribution in [1.82, 2.24) is 5.16 Å². The molecule has 0 aliphatic rings. The molecule has 0 atom stereocenters. The first-order valence-electron chi connectivity index (χ1n) is 3.98. The van der Waals surface area contributed by atoms with Crippen LogP contribution in [-0.2, 0) is 0 Å². The molecular formula is C9H7F2NOS. The van der Waals surface area contributed by atoms with Gasteiger partial charge in [-0.1, -0.05) is 11.2 Å². The second-order valence-corrected chi connectivity index (χ2v) is 3.75. The quantitative estimate of drug-likeness (QED) is 0.764. The Morgan fingerprint density at radius 1 is 1.50 bits per heavy atom. The van der Waals surface area contributed by atoms with Gasteiger partial charge in [0, 0.05) is 5.56 Å². The highest BCUT2D eigenvalue weighted by atomic mass is 32.1. The van der Waals surface area contributed by atoms with Crippen molar-refractivity contribution in [3.8, 4) is 10.6 Å². The number of aromatic nitrogens is 1. The standard InChI is InChI=1S/C9H7F2NOS/c1-5-7(9(10)11)12-13-8(5)6-3-2-4-14-6/h2-4,9H,1H3. The molecule has 2 aromatic heterocycles. The molecule has 0 N–H and O–H groups in total. The Kier molecular flexibility index (Phi) is 2.33. The van der Waals surface area contributed by atoms with E-state index in [4.69, 9.17) is 4.52 Å². The van der Waals surface area contributed by atoms with Gasteiger partial charge in [0.2, 0.25) is 0 Å². The summed E-state index contributed by atoms with van der Waals surface area (Å²) in [6, 6.07) is 3.65. The monoisotopic (exact) mass is 215 g/mol. The van der Waals surface area contributed by atoms with Crippen LogP contribution in [0.25, 0.3) is 10.6 Å². The Labute approximate surface area is 83.2 Å². The van der Waals surface area contributed by atoms with Crippen LogP contribution in [0.15, 0.2) is 22.0 Å². The first kappa shape index (κ1) is 9.33. The molecule has 14 heavy (non-hydrogen) atoms. The summed E-state index contributed by atoms with van der Waals surface area (Å²) in [6.45, 7) is 1.59. The second-order valence-electron chi connectivity index (χ2n) is 2.80. The van der Waals surface area contributed by atoms with Gasteiger partial charge < -0.3 is 4.52 Å². The smallest absolute Gasteiger partial charge is 0.284 e. The number of hydrogen-bond acceptors (Lipinski definition) is 3. The third-order valence-corrected chi connectivity index (χ3v) is 2.78. The highest BCUT2D eigenvalue weighted by Crippen LogP contribution is 2.32. The molecule has 0 spiro atoms. The van der Waals surface area contributed by atoms with E-state index in [1.807, 2.05) is 17.5 Å². The van der Waals surface area contributed by atoms with Gasteiger partial charge in [0.05, 0.1) is 4.88 Å². The van der Waals surface area contributed by atoms with Crippen molar-refractivity contribution in [2.45, 2.75) is 13.3 Å². The molecule has 0 bridgehead atoms. The van der Waals surface area contributed by atoms with Gasteiger partial charge in [-0.2, -0.15) is 0 Å². The number of alkyl halides is 2. The fourth-order valence-electron chi connectivity index (χ4n) is 1.19. The third-order valence-electron chi connectivity index (χ3n) is 1.91. The molecule has 0 fully saturated rings. The lowest BCUT2D eigenvalue weighted by Gasteiger charge is -1.93. The summed E-state index contributed by atoms with van der Waals surface area (Å²) in [4.78, 5) is 0.821. The summed E-state index contributed by atoms with van der Waals surface area (Å²) in [6.07, 6.45) is -2.58. The molecule has 2 heterocycles. The van der Waals surface area contributed by atoms with Gasteiger partial charge in [-0.25, -0.2) is 8.78 Å². The SMILES string of the molecule is Cc1c(C(F)F)noc1-c1cccs1. The molecule has 2 rings (SSSR count). The Bertz CT molecular complexity index is 422. The largest absolute Gasteiger partial charge is 0.355 e. The lowest BCUT2D eigenvalue weighted by molar-refractivity contribution is 0.140. The first-order chi connectivity index (χ1) is 6.70. The van der Waals surface area contributed by atoms with E-state index in [-0.39, 0.29) is 5.69 Å². The highest BCUT2D eigenvalue weighted by Gasteiger charge is 2.20. The highest BCUT2D eigenvalue weighted by molar-refractivity contribution is 7.13. The normalized spacial score (nSPS) is 11.1. The third kappa shape index (κ3) is 1.43. The number of nitrogens with zero attached hydrogens (tertiary/aromatic N) is 1. The Morgan fingerprint density at radius 3 is 2.79 bits per heavy atom. The predicted octanol–water partition coefficient (Wildman–Crippen LogP) is 3.65. The van der Waals surface area contributed by atoms with Crippen LogP contribution in [0.4, 0.5) is 8.78 Å². The summed E-state index contributed by atoms with van der Waals surface area (Å²) >= 11 is 1.44. The van der Waals surface area contributed by atoms with Crippen LogP contribution in [-0.4, -0.2) is 5.16 Å². The van der Waals surface area contributed by atoms with Crippen molar-refractivity contribution in [2.24, 2.45) is 0 Å². The molecule has 0 saturated heterocycles. The fourth-order valence-corrected chi connectivity index (χ4v) is 1.95. The number of hydrogen-bond donors (Lipinski definition) is 0. The number of halogens is 2. The van der Waals surface area contributed by atoms with Gasteiger partial charge in [0.25, 0.3) is 6.43 Å². The fraction of sp³-hybridized carbons (Fsp3) is 0.222. The van der Waals surface area contributed by atoms with Crippen molar-refractivity contribution in [3.63, 3.8) is 0 Å². The minimum Gasteiger partial charge on any atom is -0.355 e. The van der Waals surface area contributed by atoms with Crippen LogP contribution >= 0.6 is 11.3 Å². The lowest BCUT2D eigenvalue weighted by Crippen LogP contribution is -1.86. The Hall–Kier alpha value is -1.23. The summed E-state index contributed by atoms with van der Waals surface area (Å²) in [5, 5.41) is 5.21. The van der Waals surface area contributed by atoms with E-state index in [2.05, 4.69) is 5.16 Å². The summed E-state index contributed by atoms with van der Waals surface area (Å²) in [5.41, 5.74) is 0.149. The molecule has 74 valence electrons. The zero-order valence-electron chi connectivity index (χ0n) is 7.33. The van der Waals surface area contributed by atoms with Crippen LogP contribution < -0.4 is 0 Å². The molecule has 5 heteroatoms. The molecule has 0 aliphatic heterocycles. The molecule has 0 saturated carbocycles. The van der Waals surface area contributed by atoms with E-state index < -0.39 is 6.43 Å². The minimum absolute atomic E-state index is 0.270. The van der Waals surface area contributed by atoms with Crippen LogP contribution in [0.3, 0.4) is 0 Å². The number of rotatable bonds is 2.